The molecule has 33 heavy (non-hydrogen) atoms. The second kappa shape index (κ2) is 10.8. The van der Waals surface area contributed by atoms with Crippen molar-refractivity contribution >= 4 is 23.4 Å². The minimum Gasteiger partial charge on any atom is -0.453 e. The quantitative estimate of drug-likeness (QED) is 0.316. The summed E-state index contributed by atoms with van der Waals surface area (Å²) in [4.78, 5) is 9.89. The Morgan fingerprint density at radius 2 is 1.97 bits per heavy atom. The van der Waals surface area contributed by atoms with E-state index in [0.29, 0.717) is 40.8 Å². The molecule has 0 aliphatic heterocycles. The average Bonchev–Trinajstić information content (AvgIpc) is 3.36. The van der Waals surface area contributed by atoms with Crippen LogP contribution in [0.15, 0.2) is 59.8 Å². The standard InChI is InChI=1S/C22H22FN7O2S/c1-14(9-10-31-2)33-18-11-19(32-17-6-4-16(23)5-7-17)22(25-13-18)26-20-8-3-15(12-24-20)21-27-29-30-28-21/h3-8,11-14H,9-10H2,1-2H3,(H,24,25,26)(H,27,28,29,30). The predicted octanol–water partition coefficient (Wildman–Crippen LogP) is 4.85. The molecule has 0 radical (unpaired) electrons. The summed E-state index contributed by atoms with van der Waals surface area (Å²) in [6.45, 7) is 2.82. The molecule has 0 bridgehead atoms. The van der Waals surface area contributed by atoms with Crippen molar-refractivity contribution in [2.24, 2.45) is 0 Å². The molecule has 0 saturated heterocycles. The number of benzene rings is 1. The van der Waals surface area contributed by atoms with E-state index in [0.717, 1.165) is 16.9 Å². The van der Waals surface area contributed by atoms with Gasteiger partial charge in [-0.3, -0.25) is 0 Å². The van der Waals surface area contributed by atoms with E-state index in [1.165, 1.54) is 12.1 Å². The Balaban J connectivity index is 1.56. The maximum Gasteiger partial charge on any atom is 0.206 e. The van der Waals surface area contributed by atoms with Gasteiger partial charge < -0.3 is 14.8 Å². The third-order valence-corrected chi connectivity index (χ3v) is 5.68. The Kier molecular flexibility index (Phi) is 7.43. The number of hydrogen-bond donors (Lipinski definition) is 2. The van der Waals surface area contributed by atoms with Crippen LogP contribution in [0.25, 0.3) is 11.4 Å². The van der Waals surface area contributed by atoms with E-state index in [9.17, 15) is 4.39 Å². The molecule has 0 saturated carbocycles. The molecule has 2 N–H and O–H groups in total. The van der Waals surface area contributed by atoms with Crippen molar-refractivity contribution in [3.8, 4) is 22.9 Å². The lowest BCUT2D eigenvalue weighted by Crippen LogP contribution is -2.03. The van der Waals surface area contributed by atoms with E-state index in [2.05, 4.69) is 42.8 Å². The molecular formula is C22H22FN7O2S. The molecule has 9 nitrogen and oxygen atoms in total. The molecule has 170 valence electrons. The minimum atomic E-state index is -0.332. The summed E-state index contributed by atoms with van der Waals surface area (Å²) in [5, 5.41) is 17.4. The Bertz CT molecular complexity index is 1160. The van der Waals surface area contributed by atoms with Gasteiger partial charge in [0.1, 0.15) is 17.4 Å². The number of methoxy groups -OCH3 is 1. The fraction of sp³-hybridized carbons (Fsp3) is 0.227. The van der Waals surface area contributed by atoms with Crippen molar-refractivity contribution in [2.75, 3.05) is 19.0 Å². The maximum atomic E-state index is 13.3. The van der Waals surface area contributed by atoms with Gasteiger partial charge in [-0.1, -0.05) is 6.92 Å². The topological polar surface area (TPSA) is 111 Å². The summed E-state index contributed by atoms with van der Waals surface area (Å²) in [5.74, 6) is 2.16. The third-order valence-electron chi connectivity index (χ3n) is 4.55. The first-order chi connectivity index (χ1) is 16.1. The van der Waals surface area contributed by atoms with Crippen LogP contribution in [0, 0.1) is 5.82 Å². The van der Waals surface area contributed by atoms with Crippen LogP contribution in [0.3, 0.4) is 0 Å². The van der Waals surface area contributed by atoms with E-state index < -0.39 is 0 Å². The molecule has 11 heteroatoms. The normalized spacial score (nSPS) is 11.8. The highest BCUT2D eigenvalue weighted by molar-refractivity contribution is 7.99. The molecule has 0 aliphatic rings. The molecule has 1 unspecified atom stereocenters. The van der Waals surface area contributed by atoms with Crippen LogP contribution in [0.1, 0.15) is 13.3 Å². The maximum absolute atomic E-state index is 13.3. The number of pyridine rings is 2. The first-order valence-corrected chi connectivity index (χ1v) is 11.0. The van der Waals surface area contributed by atoms with Gasteiger partial charge in [-0.05, 0) is 54.1 Å². The number of thioether (sulfide) groups is 1. The number of tetrazole rings is 1. The van der Waals surface area contributed by atoms with Crippen LogP contribution < -0.4 is 10.1 Å². The number of H-pyrrole nitrogens is 1. The highest BCUT2D eigenvalue weighted by Gasteiger charge is 2.13. The molecule has 0 aliphatic carbocycles. The van der Waals surface area contributed by atoms with Crippen molar-refractivity contribution in [1.29, 1.82) is 0 Å². The fourth-order valence-electron chi connectivity index (χ4n) is 2.87. The average molecular weight is 468 g/mol. The fourth-order valence-corrected chi connectivity index (χ4v) is 3.84. The zero-order valence-electron chi connectivity index (χ0n) is 18.0. The van der Waals surface area contributed by atoms with Gasteiger partial charge in [-0.15, -0.1) is 22.0 Å². The van der Waals surface area contributed by atoms with Gasteiger partial charge in [0, 0.05) is 41.8 Å². The molecule has 1 atom stereocenters. The minimum absolute atomic E-state index is 0.332. The number of anilines is 2. The number of aromatic nitrogens is 6. The molecule has 1 aromatic carbocycles. The number of aromatic amines is 1. The molecule has 3 heterocycles. The number of ether oxygens (including phenoxy) is 2. The van der Waals surface area contributed by atoms with Crippen molar-refractivity contribution in [3.63, 3.8) is 0 Å². The van der Waals surface area contributed by atoms with Crippen LogP contribution in [-0.2, 0) is 4.74 Å². The number of rotatable bonds is 10. The lowest BCUT2D eigenvalue weighted by Gasteiger charge is -2.15. The first-order valence-electron chi connectivity index (χ1n) is 10.2. The van der Waals surface area contributed by atoms with Crippen LogP contribution in [-0.4, -0.2) is 49.6 Å². The van der Waals surface area contributed by atoms with Crippen LogP contribution in [0.4, 0.5) is 16.0 Å². The van der Waals surface area contributed by atoms with Gasteiger partial charge >= 0.3 is 0 Å². The van der Waals surface area contributed by atoms with E-state index in [1.807, 2.05) is 12.1 Å². The lowest BCUT2D eigenvalue weighted by molar-refractivity contribution is 0.195. The van der Waals surface area contributed by atoms with E-state index in [4.69, 9.17) is 9.47 Å². The van der Waals surface area contributed by atoms with Crippen molar-refractivity contribution < 1.29 is 13.9 Å². The highest BCUT2D eigenvalue weighted by atomic mass is 32.2. The molecule has 4 rings (SSSR count). The monoisotopic (exact) mass is 467 g/mol. The molecule has 0 amide bonds. The Morgan fingerprint density at radius 1 is 1.12 bits per heavy atom. The van der Waals surface area contributed by atoms with Gasteiger partial charge in [-0.25, -0.2) is 14.4 Å². The summed E-state index contributed by atoms with van der Waals surface area (Å²) >= 11 is 1.68. The van der Waals surface area contributed by atoms with Gasteiger partial charge in [0.05, 0.1) is 0 Å². The Morgan fingerprint density at radius 3 is 2.67 bits per heavy atom. The summed E-state index contributed by atoms with van der Waals surface area (Å²) in [6.07, 6.45) is 4.32. The van der Waals surface area contributed by atoms with Crippen LogP contribution >= 0.6 is 11.8 Å². The van der Waals surface area contributed by atoms with Crippen molar-refractivity contribution in [1.82, 2.24) is 30.6 Å². The summed E-state index contributed by atoms with van der Waals surface area (Å²) in [6, 6.07) is 11.3. The van der Waals surface area contributed by atoms with Crippen LogP contribution in [0.5, 0.6) is 11.5 Å². The van der Waals surface area contributed by atoms with Gasteiger partial charge in [0.15, 0.2) is 11.6 Å². The molecule has 0 spiro atoms. The zero-order chi connectivity index (χ0) is 23.0. The molecular weight excluding hydrogens is 445 g/mol. The van der Waals surface area contributed by atoms with Gasteiger partial charge in [-0.2, -0.15) is 5.21 Å². The van der Waals surface area contributed by atoms with Crippen LogP contribution in [0.2, 0.25) is 0 Å². The molecule has 0 fully saturated rings. The SMILES string of the molecule is COCCC(C)Sc1cnc(Nc2ccc(-c3nn[nH]n3)cn2)c(Oc2ccc(F)cc2)c1. The molecule has 3 aromatic heterocycles. The number of hydrogen-bond acceptors (Lipinski definition) is 9. The zero-order valence-corrected chi connectivity index (χ0v) is 18.8. The smallest absolute Gasteiger partial charge is 0.206 e. The number of halogens is 1. The number of nitrogens with one attached hydrogen (secondary N) is 2. The lowest BCUT2D eigenvalue weighted by atomic mass is 10.2. The highest BCUT2D eigenvalue weighted by Crippen LogP contribution is 2.35. The van der Waals surface area contributed by atoms with Crippen molar-refractivity contribution in [3.05, 3.63) is 60.7 Å². The third kappa shape index (κ3) is 6.24. The van der Waals surface area contributed by atoms with Crippen molar-refractivity contribution in [2.45, 2.75) is 23.5 Å². The van der Waals surface area contributed by atoms with Gasteiger partial charge in [0.2, 0.25) is 5.82 Å². The summed E-state index contributed by atoms with van der Waals surface area (Å²) < 4.78 is 24.5. The van der Waals surface area contributed by atoms with E-state index in [-0.39, 0.29) is 5.82 Å². The van der Waals surface area contributed by atoms with E-state index in [1.54, 1.807) is 49.5 Å². The van der Waals surface area contributed by atoms with Gasteiger partial charge in [0.25, 0.3) is 0 Å². The number of nitrogens with zero attached hydrogens (tertiary/aromatic N) is 5. The largest absolute Gasteiger partial charge is 0.453 e. The second-order valence-corrected chi connectivity index (χ2v) is 8.59. The predicted molar refractivity (Wildman–Crippen MR) is 123 cm³/mol. The Hall–Kier alpha value is -3.57. The second-order valence-electron chi connectivity index (χ2n) is 7.08. The summed E-state index contributed by atoms with van der Waals surface area (Å²) in [5.41, 5.74) is 0.724. The van der Waals surface area contributed by atoms with E-state index >= 15 is 0 Å². The summed E-state index contributed by atoms with van der Waals surface area (Å²) in [7, 11) is 1.69. The first kappa shape index (κ1) is 22.6. The Labute approximate surface area is 194 Å². The molecule has 4 aromatic rings.